The Labute approximate surface area is 145 Å². The lowest BCUT2D eigenvalue weighted by Crippen LogP contribution is -2.40. The summed E-state index contributed by atoms with van der Waals surface area (Å²) >= 11 is 1.50. The number of anilines is 1. The second-order valence-corrected chi connectivity index (χ2v) is 6.12. The molecule has 0 saturated carbocycles. The molecule has 1 atom stereocenters. The van der Waals surface area contributed by atoms with Gasteiger partial charge >= 0.3 is 0 Å². The molecule has 0 spiro atoms. The van der Waals surface area contributed by atoms with Gasteiger partial charge in [-0.05, 0) is 29.0 Å². The Morgan fingerprint density at radius 2 is 2.29 bits per heavy atom. The Kier molecular flexibility index (Phi) is 6.86. The average molecular weight is 350 g/mol. The molecule has 1 aromatic carbocycles. The first kappa shape index (κ1) is 18.1. The first-order chi connectivity index (χ1) is 11.6. The average Bonchev–Trinajstić information content (AvgIpc) is 3.01. The van der Waals surface area contributed by atoms with E-state index in [9.17, 15) is 4.79 Å². The summed E-state index contributed by atoms with van der Waals surface area (Å²) in [6.45, 7) is 2.52. The number of aromatic nitrogens is 4. The number of tetrazole rings is 1. The number of hydrogen-bond donors (Lipinski definition) is 2. The molecule has 0 saturated heterocycles. The van der Waals surface area contributed by atoms with Crippen LogP contribution in [0.25, 0.3) is 0 Å². The lowest BCUT2D eigenvalue weighted by molar-refractivity contribution is -0.121. The summed E-state index contributed by atoms with van der Waals surface area (Å²) in [5.74, 6) is 1.43. The Bertz CT molecular complexity index is 663. The second kappa shape index (κ2) is 9.11. The van der Waals surface area contributed by atoms with Crippen molar-refractivity contribution in [1.29, 1.82) is 0 Å². The smallest absolute Gasteiger partial charge is 0.242 e. The molecule has 24 heavy (non-hydrogen) atoms. The molecule has 0 aliphatic heterocycles. The van der Waals surface area contributed by atoms with Crippen LogP contribution in [-0.2, 0) is 11.8 Å². The monoisotopic (exact) mass is 350 g/mol. The van der Waals surface area contributed by atoms with E-state index in [0.717, 1.165) is 16.6 Å². The van der Waals surface area contributed by atoms with E-state index in [0.29, 0.717) is 18.7 Å². The molecule has 0 unspecified atom stereocenters. The van der Waals surface area contributed by atoms with Crippen molar-refractivity contribution < 1.29 is 9.53 Å². The number of carbonyl (C=O) groups is 1. The van der Waals surface area contributed by atoms with Crippen molar-refractivity contribution in [2.45, 2.75) is 24.5 Å². The summed E-state index contributed by atoms with van der Waals surface area (Å²) < 4.78 is 6.80. The molecular formula is C15H22N6O2S. The van der Waals surface area contributed by atoms with Gasteiger partial charge in [0.05, 0.1) is 7.11 Å². The van der Waals surface area contributed by atoms with Gasteiger partial charge in [-0.15, -0.1) is 5.10 Å². The number of nitrogens with zero attached hydrogens (tertiary/aromatic N) is 4. The molecule has 1 amide bonds. The summed E-state index contributed by atoms with van der Waals surface area (Å²) in [5, 5.41) is 18.1. The molecule has 9 heteroatoms. The van der Waals surface area contributed by atoms with Crippen LogP contribution in [0.2, 0.25) is 0 Å². The fourth-order valence-corrected chi connectivity index (χ4v) is 2.75. The number of methoxy groups -OCH3 is 1. The predicted octanol–water partition coefficient (Wildman–Crippen LogP) is 1.32. The van der Waals surface area contributed by atoms with Gasteiger partial charge in [-0.3, -0.25) is 4.79 Å². The van der Waals surface area contributed by atoms with E-state index in [2.05, 4.69) is 26.2 Å². The van der Waals surface area contributed by atoms with E-state index >= 15 is 0 Å². The SMILES string of the molecule is CC[C@@H](Nc1cccc(OC)c1)C(=O)NCCSc1nnnn1C. The van der Waals surface area contributed by atoms with Crippen LogP contribution in [0.15, 0.2) is 29.4 Å². The Balaban J connectivity index is 1.79. The van der Waals surface area contributed by atoms with Gasteiger partial charge < -0.3 is 15.4 Å². The Hall–Kier alpha value is -2.29. The number of thioether (sulfide) groups is 1. The highest BCUT2D eigenvalue weighted by atomic mass is 32.2. The van der Waals surface area contributed by atoms with Crippen LogP contribution in [0, 0.1) is 0 Å². The van der Waals surface area contributed by atoms with Gasteiger partial charge in [-0.2, -0.15) is 0 Å². The van der Waals surface area contributed by atoms with E-state index in [1.165, 1.54) is 11.8 Å². The molecule has 2 rings (SSSR count). The van der Waals surface area contributed by atoms with Gasteiger partial charge in [-0.25, -0.2) is 4.68 Å². The van der Waals surface area contributed by atoms with Crippen molar-refractivity contribution in [3.8, 4) is 5.75 Å². The number of aryl methyl sites for hydroxylation is 1. The Morgan fingerprint density at radius 1 is 1.46 bits per heavy atom. The molecule has 0 fully saturated rings. The van der Waals surface area contributed by atoms with Crippen LogP contribution >= 0.6 is 11.8 Å². The standard InChI is InChI=1S/C15H22N6O2S/c1-4-13(17-11-6-5-7-12(10-11)23-3)14(22)16-8-9-24-15-18-19-20-21(15)2/h5-7,10,13,17H,4,8-9H2,1-3H3,(H,16,22)/t13-/m1/s1. The third kappa shape index (κ3) is 5.12. The molecule has 130 valence electrons. The second-order valence-electron chi connectivity index (χ2n) is 5.06. The zero-order chi connectivity index (χ0) is 17.4. The molecule has 2 N–H and O–H groups in total. The zero-order valence-corrected chi connectivity index (χ0v) is 14.8. The van der Waals surface area contributed by atoms with Crippen LogP contribution < -0.4 is 15.4 Å². The number of carbonyl (C=O) groups excluding carboxylic acids is 1. The maximum absolute atomic E-state index is 12.3. The lowest BCUT2D eigenvalue weighted by atomic mass is 10.2. The number of hydrogen-bond acceptors (Lipinski definition) is 7. The first-order valence-corrected chi connectivity index (χ1v) is 8.66. The third-order valence-electron chi connectivity index (χ3n) is 3.35. The van der Waals surface area contributed by atoms with Crippen LogP contribution in [0.4, 0.5) is 5.69 Å². The van der Waals surface area contributed by atoms with E-state index in [4.69, 9.17) is 4.74 Å². The van der Waals surface area contributed by atoms with Gasteiger partial charge in [0.25, 0.3) is 0 Å². The van der Waals surface area contributed by atoms with Gasteiger partial charge in [0.2, 0.25) is 11.1 Å². The van der Waals surface area contributed by atoms with Gasteiger partial charge in [0, 0.05) is 31.1 Å². The van der Waals surface area contributed by atoms with Gasteiger partial charge in [0.15, 0.2) is 0 Å². The quantitative estimate of drug-likeness (QED) is 0.520. The van der Waals surface area contributed by atoms with Crippen LogP contribution in [-0.4, -0.2) is 51.6 Å². The fourth-order valence-electron chi connectivity index (χ4n) is 2.05. The van der Waals surface area contributed by atoms with Crippen molar-refractivity contribution in [2.75, 3.05) is 24.7 Å². The molecular weight excluding hydrogens is 328 g/mol. The largest absolute Gasteiger partial charge is 0.497 e. The van der Waals surface area contributed by atoms with E-state index in [1.54, 1.807) is 18.8 Å². The van der Waals surface area contributed by atoms with Crippen molar-refractivity contribution in [1.82, 2.24) is 25.5 Å². The molecule has 1 aromatic heterocycles. The van der Waals surface area contributed by atoms with Crippen LogP contribution in [0.3, 0.4) is 0 Å². The first-order valence-electron chi connectivity index (χ1n) is 7.67. The van der Waals surface area contributed by atoms with E-state index in [-0.39, 0.29) is 11.9 Å². The van der Waals surface area contributed by atoms with E-state index < -0.39 is 0 Å². The molecule has 0 bridgehead atoms. The summed E-state index contributed by atoms with van der Waals surface area (Å²) in [6.07, 6.45) is 0.684. The number of rotatable bonds is 9. The number of ether oxygens (including phenoxy) is 1. The lowest BCUT2D eigenvalue weighted by Gasteiger charge is -2.18. The normalized spacial score (nSPS) is 11.8. The Morgan fingerprint density at radius 3 is 2.96 bits per heavy atom. The maximum atomic E-state index is 12.3. The molecule has 8 nitrogen and oxygen atoms in total. The van der Waals surface area contributed by atoms with Crippen molar-refractivity contribution in [3.63, 3.8) is 0 Å². The minimum absolute atomic E-state index is 0.0305. The van der Waals surface area contributed by atoms with Crippen LogP contribution in [0.1, 0.15) is 13.3 Å². The molecule has 0 aliphatic rings. The fraction of sp³-hybridized carbons (Fsp3) is 0.467. The molecule has 0 radical (unpaired) electrons. The summed E-state index contributed by atoms with van der Waals surface area (Å²) in [7, 11) is 3.40. The highest BCUT2D eigenvalue weighted by Gasteiger charge is 2.16. The van der Waals surface area contributed by atoms with Crippen molar-refractivity contribution in [3.05, 3.63) is 24.3 Å². The summed E-state index contributed by atoms with van der Waals surface area (Å²) in [4.78, 5) is 12.3. The highest BCUT2D eigenvalue weighted by molar-refractivity contribution is 7.99. The third-order valence-corrected chi connectivity index (χ3v) is 4.36. The molecule has 2 aromatic rings. The zero-order valence-electron chi connectivity index (χ0n) is 14.0. The minimum Gasteiger partial charge on any atom is -0.497 e. The van der Waals surface area contributed by atoms with Crippen molar-refractivity contribution in [2.24, 2.45) is 7.05 Å². The van der Waals surface area contributed by atoms with E-state index in [1.807, 2.05) is 31.2 Å². The van der Waals surface area contributed by atoms with Gasteiger partial charge in [-0.1, -0.05) is 24.8 Å². The van der Waals surface area contributed by atoms with Gasteiger partial charge in [0.1, 0.15) is 11.8 Å². The minimum atomic E-state index is -0.293. The topological polar surface area (TPSA) is 94.0 Å². The summed E-state index contributed by atoms with van der Waals surface area (Å²) in [5.41, 5.74) is 0.857. The molecule has 0 aliphatic carbocycles. The number of benzene rings is 1. The predicted molar refractivity (Wildman–Crippen MR) is 93.2 cm³/mol. The maximum Gasteiger partial charge on any atom is 0.242 e. The number of nitrogens with one attached hydrogen (secondary N) is 2. The van der Waals surface area contributed by atoms with Crippen molar-refractivity contribution >= 4 is 23.4 Å². The highest BCUT2D eigenvalue weighted by Crippen LogP contribution is 2.18. The number of amides is 1. The molecule has 1 heterocycles. The van der Waals surface area contributed by atoms with Crippen LogP contribution in [0.5, 0.6) is 5.75 Å². The summed E-state index contributed by atoms with van der Waals surface area (Å²) in [6, 6.07) is 7.24.